The van der Waals surface area contributed by atoms with E-state index in [4.69, 9.17) is 4.74 Å². The van der Waals surface area contributed by atoms with Crippen LogP contribution in [0.2, 0.25) is 0 Å². The first kappa shape index (κ1) is 13.0. The van der Waals surface area contributed by atoms with Gasteiger partial charge in [-0.1, -0.05) is 6.07 Å². The lowest BCUT2D eigenvalue weighted by molar-refractivity contribution is 0.190. The molecule has 0 radical (unpaired) electrons. The smallest absolute Gasteiger partial charge is 0.146 e. The maximum atomic E-state index is 13.6. The summed E-state index contributed by atoms with van der Waals surface area (Å²) in [5, 5.41) is 9.57. The Labute approximate surface area is 112 Å². The first-order chi connectivity index (χ1) is 8.58. The standard InChI is InChI=1S/C13H11BrFNO2/c1-8(17)13-11(15)3-2-4-12(13)18-10-5-9(14)6-16-7-10/h2-8,17H,1H3/t8-/m1/s1. The molecule has 0 saturated carbocycles. The van der Waals surface area contributed by atoms with Gasteiger partial charge in [0.15, 0.2) is 0 Å². The molecule has 1 aromatic heterocycles. The number of pyridine rings is 1. The van der Waals surface area contributed by atoms with Crippen LogP contribution in [0.15, 0.2) is 41.1 Å². The van der Waals surface area contributed by atoms with Crippen LogP contribution in [0.25, 0.3) is 0 Å². The third-order valence-electron chi connectivity index (χ3n) is 2.34. The number of hydrogen-bond acceptors (Lipinski definition) is 3. The van der Waals surface area contributed by atoms with Crippen LogP contribution >= 0.6 is 15.9 Å². The fourth-order valence-corrected chi connectivity index (χ4v) is 1.93. The molecule has 1 heterocycles. The van der Waals surface area contributed by atoms with Crippen LogP contribution in [0.5, 0.6) is 11.5 Å². The van der Waals surface area contributed by atoms with Gasteiger partial charge in [0.1, 0.15) is 17.3 Å². The molecule has 0 aliphatic heterocycles. The molecule has 0 amide bonds. The van der Waals surface area contributed by atoms with E-state index < -0.39 is 11.9 Å². The molecule has 2 aromatic rings. The van der Waals surface area contributed by atoms with Gasteiger partial charge in [0.2, 0.25) is 0 Å². The third-order valence-corrected chi connectivity index (χ3v) is 2.77. The molecule has 5 heteroatoms. The van der Waals surface area contributed by atoms with Gasteiger partial charge in [0.25, 0.3) is 0 Å². The number of aliphatic hydroxyl groups excluding tert-OH is 1. The molecule has 0 unspecified atom stereocenters. The minimum absolute atomic E-state index is 0.137. The van der Waals surface area contributed by atoms with E-state index in [1.54, 1.807) is 18.3 Å². The summed E-state index contributed by atoms with van der Waals surface area (Å²) in [6.07, 6.45) is 2.19. The number of halogens is 2. The van der Waals surface area contributed by atoms with Crippen molar-refractivity contribution in [2.45, 2.75) is 13.0 Å². The fraction of sp³-hybridized carbons (Fsp3) is 0.154. The summed E-state index contributed by atoms with van der Waals surface area (Å²) in [4.78, 5) is 3.95. The Bertz CT molecular complexity index is 560. The SMILES string of the molecule is C[C@@H](O)c1c(F)cccc1Oc1cncc(Br)c1. The number of ether oxygens (including phenoxy) is 1. The van der Waals surface area contributed by atoms with Crippen molar-refractivity contribution >= 4 is 15.9 Å². The number of nitrogens with zero attached hydrogens (tertiary/aromatic N) is 1. The largest absolute Gasteiger partial charge is 0.455 e. The molecule has 1 N–H and O–H groups in total. The normalized spacial score (nSPS) is 12.2. The molecule has 3 nitrogen and oxygen atoms in total. The van der Waals surface area contributed by atoms with Gasteiger partial charge in [0, 0.05) is 10.7 Å². The Balaban J connectivity index is 2.37. The van der Waals surface area contributed by atoms with E-state index in [2.05, 4.69) is 20.9 Å². The maximum Gasteiger partial charge on any atom is 0.146 e. The van der Waals surface area contributed by atoms with Crippen LogP contribution in [0.1, 0.15) is 18.6 Å². The zero-order valence-electron chi connectivity index (χ0n) is 9.60. The summed E-state index contributed by atoms with van der Waals surface area (Å²) in [7, 11) is 0. The predicted molar refractivity (Wildman–Crippen MR) is 69.0 cm³/mol. The van der Waals surface area contributed by atoms with Crippen LogP contribution in [0, 0.1) is 5.82 Å². The average Bonchev–Trinajstić information content (AvgIpc) is 2.28. The summed E-state index contributed by atoms with van der Waals surface area (Å²) in [6.45, 7) is 1.49. The molecule has 1 aromatic carbocycles. The summed E-state index contributed by atoms with van der Waals surface area (Å²) >= 11 is 3.27. The Morgan fingerprint density at radius 1 is 1.39 bits per heavy atom. The van der Waals surface area contributed by atoms with Gasteiger partial charge >= 0.3 is 0 Å². The number of benzene rings is 1. The minimum Gasteiger partial charge on any atom is -0.455 e. The van der Waals surface area contributed by atoms with Gasteiger partial charge < -0.3 is 9.84 Å². The zero-order valence-corrected chi connectivity index (χ0v) is 11.2. The van der Waals surface area contributed by atoms with E-state index in [9.17, 15) is 9.50 Å². The lowest BCUT2D eigenvalue weighted by atomic mass is 10.1. The minimum atomic E-state index is -0.943. The second-order valence-corrected chi connectivity index (χ2v) is 4.68. The van der Waals surface area contributed by atoms with Crippen LogP contribution in [0.4, 0.5) is 4.39 Å². The van der Waals surface area contributed by atoms with Gasteiger partial charge in [-0.3, -0.25) is 4.98 Å². The van der Waals surface area contributed by atoms with Crippen LogP contribution in [-0.4, -0.2) is 10.1 Å². The second-order valence-electron chi connectivity index (χ2n) is 3.77. The van der Waals surface area contributed by atoms with Gasteiger partial charge in [-0.05, 0) is 41.1 Å². The van der Waals surface area contributed by atoms with Gasteiger partial charge in [-0.15, -0.1) is 0 Å². The van der Waals surface area contributed by atoms with Crippen molar-refractivity contribution in [1.29, 1.82) is 0 Å². The first-order valence-electron chi connectivity index (χ1n) is 5.33. The molecular formula is C13H11BrFNO2. The maximum absolute atomic E-state index is 13.6. The van der Waals surface area contributed by atoms with Crippen molar-refractivity contribution < 1.29 is 14.2 Å². The van der Waals surface area contributed by atoms with Crippen molar-refractivity contribution in [2.75, 3.05) is 0 Å². The molecule has 0 aliphatic carbocycles. The third kappa shape index (κ3) is 2.86. The fourth-order valence-electron chi connectivity index (χ4n) is 1.59. The highest BCUT2D eigenvalue weighted by atomic mass is 79.9. The molecule has 2 rings (SSSR count). The van der Waals surface area contributed by atoms with Crippen molar-refractivity contribution in [3.63, 3.8) is 0 Å². The predicted octanol–water partition coefficient (Wildman–Crippen LogP) is 3.83. The second kappa shape index (κ2) is 5.46. The lowest BCUT2D eigenvalue weighted by Gasteiger charge is -2.13. The van der Waals surface area contributed by atoms with Crippen molar-refractivity contribution in [3.05, 3.63) is 52.5 Å². The lowest BCUT2D eigenvalue weighted by Crippen LogP contribution is -1.99. The molecule has 0 bridgehead atoms. The molecule has 1 atom stereocenters. The van der Waals surface area contributed by atoms with Gasteiger partial charge in [0.05, 0.1) is 17.9 Å². The van der Waals surface area contributed by atoms with Gasteiger partial charge in [-0.25, -0.2) is 4.39 Å². The number of hydrogen-bond donors (Lipinski definition) is 1. The Morgan fingerprint density at radius 2 is 2.17 bits per heavy atom. The first-order valence-corrected chi connectivity index (χ1v) is 6.12. The van der Waals surface area contributed by atoms with Crippen LogP contribution in [-0.2, 0) is 0 Å². The van der Waals surface area contributed by atoms with Crippen LogP contribution < -0.4 is 4.74 Å². The monoisotopic (exact) mass is 311 g/mol. The number of rotatable bonds is 3. The van der Waals surface area contributed by atoms with Crippen molar-refractivity contribution in [3.8, 4) is 11.5 Å². The zero-order chi connectivity index (χ0) is 13.1. The molecular weight excluding hydrogens is 301 g/mol. The average molecular weight is 312 g/mol. The Hall–Kier alpha value is -1.46. The quantitative estimate of drug-likeness (QED) is 0.936. The molecule has 0 spiro atoms. The topological polar surface area (TPSA) is 42.4 Å². The van der Waals surface area contributed by atoms with Crippen molar-refractivity contribution in [1.82, 2.24) is 4.98 Å². The molecule has 0 fully saturated rings. The summed E-state index contributed by atoms with van der Waals surface area (Å²) in [6, 6.07) is 6.13. The summed E-state index contributed by atoms with van der Waals surface area (Å²) in [5.41, 5.74) is 0.137. The molecule has 0 aliphatic rings. The van der Waals surface area contributed by atoms with E-state index in [1.807, 2.05) is 0 Å². The Morgan fingerprint density at radius 3 is 2.83 bits per heavy atom. The van der Waals surface area contributed by atoms with E-state index >= 15 is 0 Å². The highest BCUT2D eigenvalue weighted by molar-refractivity contribution is 9.10. The molecule has 18 heavy (non-hydrogen) atoms. The highest BCUT2D eigenvalue weighted by Crippen LogP contribution is 2.31. The van der Waals surface area contributed by atoms with Crippen molar-refractivity contribution in [2.24, 2.45) is 0 Å². The van der Waals surface area contributed by atoms with Gasteiger partial charge in [-0.2, -0.15) is 0 Å². The van der Waals surface area contributed by atoms with E-state index in [0.29, 0.717) is 5.75 Å². The number of aliphatic hydroxyl groups is 1. The number of aromatic nitrogens is 1. The van der Waals surface area contributed by atoms with E-state index in [1.165, 1.54) is 25.3 Å². The molecule has 94 valence electrons. The summed E-state index contributed by atoms with van der Waals surface area (Å²) in [5.74, 6) is 0.257. The Kier molecular flexibility index (Phi) is 3.93. The van der Waals surface area contributed by atoms with E-state index in [0.717, 1.165) is 4.47 Å². The summed E-state index contributed by atoms with van der Waals surface area (Å²) < 4.78 is 19.9. The van der Waals surface area contributed by atoms with E-state index in [-0.39, 0.29) is 11.3 Å². The molecule has 0 saturated heterocycles. The van der Waals surface area contributed by atoms with Crippen LogP contribution in [0.3, 0.4) is 0 Å². The highest BCUT2D eigenvalue weighted by Gasteiger charge is 2.15.